The Morgan fingerprint density at radius 3 is 1.48 bits per heavy atom. The maximum Gasteiger partial charge on any atom is 0.573 e. The standard InChI is InChI=1S/C16H12F6O/c17-15(18,19)13-7-3-11(4-8-13)1-2-12-5-9-14(10-6-12)23-16(20,21)22/h3-10H,1-2H2. The topological polar surface area (TPSA) is 9.23 Å². The lowest BCUT2D eigenvalue weighted by molar-refractivity contribution is -0.274. The van der Waals surface area contributed by atoms with Gasteiger partial charge in [0, 0.05) is 0 Å². The van der Waals surface area contributed by atoms with Crippen molar-refractivity contribution < 1.29 is 31.1 Å². The molecule has 124 valence electrons. The molecule has 1 nitrogen and oxygen atoms in total. The molecule has 2 aromatic rings. The highest BCUT2D eigenvalue weighted by Crippen LogP contribution is 2.29. The third-order valence-corrected chi connectivity index (χ3v) is 3.14. The summed E-state index contributed by atoms with van der Waals surface area (Å²) in [5, 5.41) is 0. The second-order valence-electron chi connectivity index (χ2n) is 4.89. The van der Waals surface area contributed by atoms with E-state index < -0.39 is 18.1 Å². The lowest BCUT2D eigenvalue weighted by atomic mass is 10.0. The molecule has 2 rings (SSSR count). The second kappa shape index (κ2) is 6.52. The first kappa shape index (κ1) is 17.2. The van der Waals surface area contributed by atoms with Crippen molar-refractivity contribution >= 4 is 0 Å². The molecule has 0 saturated carbocycles. The summed E-state index contributed by atoms with van der Waals surface area (Å²) in [6.45, 7) is 0. The van der Waals surface area contributed by atoms with Crippen LogP contribution in [0.4, 0.5) is 26.3 Å². The van der Waals surface area contributed by atoms with E-state index in [1.165, 1.54) is 36.4 Å². The highest BCUT2D eigenvalue weighted by atomic mass is 19.4. The summed E-state index contributed by atoms with van der Waals surface area (Å²) in [6, 6.07) is 10.2. The molecule has 0 amide bonds. The normalized spacial score (nSPS) is 12.3. The molecule has 0 aliphatic rings. The van der Waals surface area contributed by atoms with Crippen LogP contribution in [0.2, 0.25) is 0 Å². The van der Waals surface area contributed by atoms with Gasteiger partial charge in [0.25, 0.3) is 0 Å². The smallest absolute Gasteiger partial charge is 0.406 e. The Hall–Kier alpha value is -2.18. The Labute approximate surface area is 128 Å². The SMILES string of the molecule is FC(F)(F)Oc1ccc(CCc2ccc(C(F)(F)F)cc2)cc1. The molecule has 0 radical (unpaired) electrons. The Balaban J connectivity index is 1.93. The highest BCUT2D eigenvalue weighted by molar-refractivity contribution is 5.29. The van der Waals surface area contributed by atoms with Crippen molar-refractivity contribution in [2.45, 2.75) is 25.4 Å². The zero-order valence-electron chi connectivity index (χ0n) is 11.7. The van der Waals surface area contributed by atoms with Gasteiger partial charge in [0.15, 0.2) is 0 Å². The van der Waals surface area contributed by atoms with Gasteiger partial charge in [0.1, 0.15) is 5.75 Å². The number of alkyl halides is 6. The lowest BCUT2D eigenvalue weighted by Crippen LogP contribution is -2.17. The van der Waals surface area contributed by atoms with Crippen LogP contribution in [-0.2, 0) is 19.0 Å². The Bertz CT molecular complexity index is 626. The van der Waals surface area contributed by atoms with Crippen LogP contribution >= 0.6 is 0 Å². The van der Waals surface area contributed by atoms with E-state index in [2.05, 4.69) is 4.74 Å². The van der Waals surface area contributed by atoms with Crippen LogP contribution in [0, 0.1) is 0 Å². The number of halogens is 6. The zero-order chi connectivity index (χ0) is 17.1. The van der Waals surface area contributed by atoms with Crippen LogP contribution < -0.4 is 4.74 Å². The van der Waals surface area contributed by atoms with E-state index in [9.17, 15) is 26.3 Å². The molecule has 0 heterocycles. The van der Waals surface area contributed by atoms with Gasteiger partial charge < -0.3 is 4.74 Å². The van der Waals surface area contributed by atoms with Gasteiger partial charge in [-0.05, 0) is 48.2 Å². The minimum atomic E-state index is -4.73. The summed E-state index contributed by atoms with van der Waals surface area (Å²) in [4.78, 5) is 0. The van der Waals surface area contributed by atoms with Crippen LogP contribution in [0.5, 0.6) is 5.75 Å². The summed E-state index contributed by atoms with van der Waals surface area (Å²) >= 11 is 0. The molecule has 0 bridgehead atoms. The van der Waals surface area contributed by atoms with Crippen molar-refractivity contribution in [1.82, 2.24) is 0 Å². The van der Waals surface area contributed by atoms with Crippen molar-refractivity contribution in [1.29, 1.82) is 0 Å². The van der Waals surface area contributed by atoms with E-state index in [-0.39, 0.29) is 5.75 Å². The maximum atomic E-state index is 12.4. The van der Waals surface area contributed by atoms with E-state index in [0.29, 0.717) is 18.4 Å². The minimum Gasteiger partial charge on any atom is -0.406 e. The van der Waals surface area contributed by atoms with Crippen LogP contribution in [-0.4, -0.2) is 6.36 Å². The van der Waals surface area contributed by atoms with Crippen LogP contribution in [0.15, 0.2) is 48.5 Å². The van der Waals surface area contributed by atoms with Gasteiger partial charge in [-0.15, -0.1) is 13.2 Å². The molecule has 0 unspecified atom stereocenters. The molecule has 0 spiro atoms. The van der Waals surface area contributed by atoms with Gasteiger partial charge in [-0.25, -0.2) is 0 Å². The van der Waals surface area contributed by atoms with Crippen molar-refractivity contribution in [2.24, 2.45) is 0 Å². The van der Waals surface area contributed by atoms with Gasteiger partial charge in [-0.1, -0.05) is 24.3 Å². The molecule has 0 atom stereocenters. The average molecular weight is 334 g/mol. The number of aryl methyl sites for hydroxylation is 2. The number of ether oxygens (including phenoxy) is 1. The third kappa shape index (κ3) is 5.50. The number of benzene rings is 2. The average Bonchev–Trinajstić information content (AvgIpc) is 2.44. The predicted molar refractivity (Wildman–Crippen MR) is 72.0 cm³/mol. The monoisotopic (exact) mass is 334 g/mol. The minimum absolute atomic E-state index is 0.309. The van der Waals surface area contributed by atoms with Crippen LogP contribution in [0.1, 0.15) is 16.7 Å². The lowest BCUT2D eigenvalue weighted by Gasteiger charge is -2.10. The quantitative estimate of drug-likeness (QED) is 0.681. The molecule has 0 aromatic heterocycles. The maximum absolute atomic E-state index is 12.4. The Morgan fingerprint density at radius 2 is 1.09 bits per heavy atom. The van der Waals surface area contributed by atoms with E-state index in [4.69, 9.17) is 0 Å². The first-order valence-electron chi connectivity index (χ1n) is 6.64. The molecule has 2 aromatic carbocycles. The summed E-state index contributed by atoms with van der Waals surface area (Å²) in [7, 11) is 0. The van der Waals surface area contributed by atoms with Crippen molar-refractivity contribution in [3.63, 3.8) is 0 Å². The highest BCUT2D eigenvalue weighted by Gasteiger charge is 2.31. The fourth-order valence-corrected chi connectivity index (χ4v) is 2.01. The van der Waals surface area contributed by atoms with Crippen LogP contribution in [0.3, 0.4) is 0 Å². The summed E-state index contributed by atoms with van der Waals surface area (Å²) in [5.74, 6) is -0.309. The summed E-state index contributed by atoms with van der Waals surface area (Å²) in [5.41, 5.74) is 0.767. The molecule has 0 N–H and O–H groups in total. The van der Waals surface area contributed by atoms with Gasteiger partial charge in [-0.2, -0.15) is 13.2 Å². The van der Waals surface area contributed by atoms with Gasteiger partial charge in [-0.3, -0.25) is 0 Å². The predicted octanol–water partition coefficient (Wildman–Crippen LogP) is 5.39. The number of rotatable bonds is 4. The number of hydrogen-bond donors (Lipinski definition) is 0. The molecular formula is C16H12F6O. The largest absolute Gasteiger partial charge is 0.573 e. The summed E-state index contributed by atoms with van der Waals surface area (Å²) < 4.78 is 77.1. The molecular weight excluding hydrogens is 322 g/mol. The van der Waals surface area contributed by atoms with Crippen LogP contribution in [0.25, 0.3) is 0 Å². The summed E-state index contributed by atoms with van der Waals surface area (Å²) in [6.07, 6.45) is -8.12. The van der Waals surface area contributed by atoms with E-state index in [1.54, 1.807) is 0 Å². The number of hydrogen-bond acceptors (Lipinski definition) is 1. The zero-order valence-corrected chi connectivity index (χ0v) is 11.7. The Kier molecular flexibility index (Phi) is 4.87. The molecule has 7 heteroatoms. The molecule has 0 saturated heterocycles. The van der Waals surface area contributed by atoms with Crippen molar-refractivity contribution in [3.8, 4) is 5.75 Å². The molecule has 0 aliphatic heterocycles. The molecule has 0 fully saturated rings. The van der Waals surface area contributed by atoms with Gasteiger partial charge in [0.05, 0.1) is 5.56 Å². The van der Waals surface area contributed by atoms with E-state index in [0.717, 1.165) is 17.7 Å². The first-order chi connectivity index (χ1) is 10.6. The van der Waals surface area contributed by atoms with Crippen molar-refractivity contribution in [3.05, 3.63) is 65.2 Å². The second-order valence-corrected chi connectivity index (χ2v) is 4.89. The van der Waals surface area contributed by atoms with E-state index in [1.807, 2.05) is 0 Å². The first-order valence-corrected chi connectivity index (χ1v) is 6.64. The molecule has 0 aliphatic carbocycles. The fourth-order valence-electron chi connectivity index (χ4n) is 2.01. The third-order valence-electron chi connectivity index (χ3n) is 3.14. The van der Waals surface area contributed by atoms with Crippen molar-refractivity contribution in [2.75, 3.05) is 0 Å². The fraction of sp³-hybridized carbons (Fsp3) is 0.250. The van der Waals surface area contributed by atoms with Gasteiger partial charge in [0.2, 0.25) is 0 Å². The molecule has 23 heavy (non-hydrogen) atoms. The van der Waals surface area contributed by atoms with Gasteiger partial charge >= 0.3 is 12.5 Å². The Morgan fingerprint density at radius 1 is 0.652 bits per heavy atom. The van der Waals surface area contributed by atoms with E-state index >= 15 is 0 Å².